The van der Waals surface area contributed by atoms with Crippen LogP contribution >= 0.6 is 0 Å². The molecular weight excluding hydrogens is 278 g/mol. The second-order valence-corrected chi connectivity index (χ2v) is 5.53. The molecule has 0 radical (unpaired) electrons. The lowest BCUT2D eigenvalue weighted by molar-refractivity contribution is -0.121. The fourth-order valence-electron chi connectivity index (χ4n) is 2.11. The standard InChI is InChI=1S/C17H27N3O2/c1-5-6-12-18-17(22)11-13-20(14(2)21)16-9-7-15(8-10-16)19(3)4/h7-10H,5-6,11-13H2,1-4H3,(H,18,22). The zero-order chi connectivity index (χ0) is 16.5. The van der Waals surface area contributed by atoms with Crippen LogP contribution in [0.5, 0.6) is 0 Å². The number of rotatable bonds is 8. The highest BCUT2D eigenvalue weighted by Crippen LogP contribution is 2.19. The molecule has 0 fully saturated rings. The molecule has 0 saturated heterocycles. The van der Waals surface area contributed by atoms with Crippen LogP contribution in [0.3, 0.4) is 0 Å². The van der Waals surface area contributed by atoms with E-state index in [4.69, 9.17) is 0 Å². The largest absolute Gasteiger partial charge is 0.378 e. The SMILES string of the molecule is CCCCNC(=O)CCN(C(C)=O)c1ccc(N(C)C)cc1. The second-order valence-electron chi connectivity index (χ2n) is 5.53. The normalized spacial score (nSPS) is 10.2. The molecule has 5 nitrogen and oxygen atoms in total. The Bertz CT molecular complexity index is 483. The lowest BCUT2D eigenvalue weighted by Gasteiger charge is -2.22. The number of nitrogens with zero attached hydrogens (tertiary/aromatic N) is 2. The fraction of sp³-hybridized carbons (Fsp3) is 0.529. The molecular formula is C17H27N3O2. The van der Waals surface area contributed by atoms with Crippen molar-refractivity contribution < 1.29 is 9.59 Å². The Kier molecular flexibility index (Phi) is 7.43. The van der Waals surface area contributed by atoms with E-state index in [-0.39, 0.29) is 11.8 Å². The summed E-state index contributed by atoms with van der Waals surface area (Å²) in [6, 6.07) is 7.75. The molecule has 0 aliphatic carbocycles. The van der Waals surface area contributed by atoms with Crippen LogP contribution in [0.25, 0.3) is 0 Å². The van der Waals surface area contributed by atoms with E-state index in [1.807, 2.05) is 43.3 Å². The summed E-state index contributed by atoms with van der Waals surface area (Å²) in [6.07, 6.45) is 2.35. The number of benzene rings is 1. The Morgan fingerprint density at radius 1 is 1.09 bits per heavy atom. The van der Waals surface area contributed by atoms with Gasteiger partial charge in [0.2, 0.25) is 11.8 Å². The van der Waals surface area contributed by atoms with Crippen molar-refractivity contribution in [3.05, 3.63) is 24.3 Å². The van der Waals surface area contributed by atoms with Gasteiger partial charge in [-0.05, 0) is 30.7 Å². The highest BCUT2D eigenvalue weighted by atomic mass is 16.2. The van der Waals surface area contributed by atoms with Crippen molar-refractivity contribution in [3.63, 3.8) is 0 Å². The number of hydrogen-bond acceptors (Lipinski definition) is 3. The van der Waals surface area contributed by atoms with E-state index < -0.39 is 0 Å². The molecule has 0 aromatic heterocycles. The maximum atomic E-state index is 11.8. The van der Waals surface area contributed by atoms with Crippen LogP contribution in [-0.2, 0) is 9.59 Å². The molecule has 22 heavy (non-hydrogen) atoms. The number of unbranched alkanes of at least 4 members (excludes halogenated alkanes) is 1. The summed E-state index contributed by atoms with van der Waals surface area (Å²) in [7, 11) is 3.94. The third-order valence-corrected chi connectivity index (χ3v) is 3.47. The van der Waals surface area contributed by atoms with Gasteiger partial charge in [-0.25, -0.2) is 0 Å². The van der Waals surface area contributed by atoms with Crippen LogP contribution in [0.4, 0.5) is 11.4 Å². The van der Waals surface area contributed by atoms with Crippen molar-refractivity contribution in [2.75, 3.05) is 37.0 Å². The van der Waals surface area contributed by atoms with E-state index in [2.05, 4.69) is 12.2 Å². The summed E-state index contributed by atoms with van der Waals surface area (Å²) in [5.41, 5.74) is 1.89. The summed E-state index contributed by atoms with van der Waals surface area (Å²) in [5.74, 6) is -0.0661. The van der Waals surface area contributed by atoms with Gasteiger partial charge in [-0.3, -0.25) is 9.59 Å². The van der Waals surface area contributed by atoms with Gasteiger partial charge < -0.3 is 15.1 Å². The van der Waals surface area contributed by atoms with Gasteiger partial charge in [0.1, 0.15) is 0 Å². The Hall–Kier alpha value is -2.04. The number of hydrogen-bond donors (Lipinski definition) is 1. The maximum Gasteiger partial charge on any atom is 0.223 e. The van der Waals surface area contributed by atoms with E-state index in [1.54, 1.807) is 4.90 Å². The number of nitrogens with one attached hydrogen (secondary N) is 1. The minimum absolute atomic E-state index is 0.00962. The van der Waals surface area contributed by atoms with Crippen molar-refractivity contribution in [1.82, 2.24) is 5.32 Å². The summed E-state index contributed by atoms with van der Waals surface area (Å²) in [4.78, 5) is 27.2. The lowest BCUT2D eigenvalue weighted by atomic mass is 10.2. The van der Waals surface area contributed by atoms with Crippen LogP contribution in [0.1, 0.15) is 33.1 Å². The van der Waals surface area contributed by atoms with Gasteiger partial charge in [0, 0.05) is 51.9 Å². The molecule has 1 aromatic carbocycles. The van der Waals surface area contributed by atoms with E-state index >= 15 is 0 Å². The smallest absolute Gasteiger partial charge is 0.223 e. The summed E-state index contributed by atoms with van der Waals surface area (Å²) in [5, 5.41) is 2.87. The summed E-state index contributed by atoms with van der Waals surface area (Å²) < 4.78 is 0. The average molecular weight is 305 g/mol. The highest BCUT2D eigenvalue weighted by molar-refractivity contribution is 5.92. The molecule has 0 heterocycles. The Labute approximate surface area is 133 Å². The lowest BCUT2D eigenvalue weighted by Crippen LogP contribution is -2.34. The zero-order valence-electron chi connectivity index (χ0n) is 14.1. The van der Waals surface area contributed by atoms with E-state index in [1.165, 1.54) is 6.92 Å². The zero-order valence-corrected chi connectivity index (χ0v) is 14.1. The van der Waals surface area contributed by atoms with Crippen LogP contribution in [-0.4, -0.2) is 39.0 Å². The first-order chi connectivity index (χ1) is 10.5. The second kappa shape index (κ2) is 9.07. The Balaban J connectivity index is 2.62. The molecule has 122 valence electrons. The first-order valence-electron chi connectivity index (χ1n) is 7.78. The first-order valence-corrected chi connectivity index (χ1v) is 7.78. The quantitative estimate of drug-likeness (QED) is 0.750. The molecule has 0 aliphatic heterocycles. The Morgan fingerprint density at radius 3 is 2.18 bits per heavy atom. The first kappa shape index (κ1) is 18.0. The van der Waals surface area contributed by atoms with Gasteiger partial charge in [-0.15, -0.1) is 0 Å². The molecule has 1 rings (SSSR count). The number of amides is 2. The molecule has 0 atom stereocenters. The van der Waals surface area contributed by atoms with E-state index in [9.17, 15) is 9.59 Å². The summed E-state index contributed by atoms with van der Waals surface area (Å²) in [6.45, 7) is 4.71. The van der Waals surface area contributed by atoms with Crippen LogP contribution in [0, 0.1) is 0 Å². The fourth-order valence-corrected chi connectivity index (χ4v) is 2.11. The van der Waals surface area contributed by atoms with Gasteiger partial charge in [-0.1, -0.05) is 13.3 Å². The molecule has 1 N–H and O–H groups in total. The third kappa shape index (κ3) is 5.76. The monoisotopic (exact) mass is 305 g/mol. The van der Waals surface area contributed by atoms with Crippen molar-refractivity contribution in [3.8, 4) is 0 Å². The van der Waals surface area contributed by atoms with Gasteiger partial charge in [0.25, 0.3) is 0 Å². The molecule has 0 spiro atoms. The summed E-state index contributed by atoms with van der Waals surface area (Å²) >= 11 is 0. The molecule has 0 saturated carbocycles. The third-order valence-electron chi connectivity index (χ3n) is 3.47. The predicted octanol–water partition coefficient (Wildman–Crippen LogP) is 2.41. The molecule has 0 aliphatic rings. The molecule has 1 aromatic rings. The number of anilines is 2. The van der Waals surface area contributed by atoms with Crippen molar-refractivity contribution in [2.24, 2.45) is 0 Å². The topological polar surface area (TPSA) is 52.7 Å². The average Bonchev–Trinajstić information content (AvgIpc) is 2.48. The highest BCUT2D eigenvalue weighted by Gasteiger charge is 2.13. The van der Waals surface area contributed by atoms with Gasteiger partial charge in [0.05, 0.1) is 0 Å². The van der Waals surface area contributed by atoms with Crippen molar-refractivity contribution in [2.45, 2.75) is 33.1 Å². The van der Waals surface area contributed by atoms with Crippen molar-refractivity contribution in [1.29, 1.82) is 0 Å². The van der Waals surface area contributed by atoms with E-state index in [0.717, 1.165) is 24.2 Å². The molecule has 2 amide bonds. The van der Waals surface area contributed by atoms with Crippen LogP contribution in [0.2, 0.25) is 0 Å². The predicted molar refractivity (Wildman–Crippen MR) is 91.3 cm³/mol. The Morgan fingerprint density at radius 2 is 1.68 bits per heavy atom. The van der Waals surface area contributed by atoms with Gasteiger partial charge in [-0.2, -0.15) is 0 Å². The number of carbonyl (C=O) groups is 2. The van der Waals surface area contributed by atoms with E-state index in [0.29, 0.717) is 19.5 Å². The molecule has 0 unspecified atom stereocenters. The van der Waals surface area contributed by atoms with Crippen molar-refractivity contribution >= 4 is 23.2 Å². The minimum Gasteiger partial charge on any atom is -0.378 e. The molecule has 0 bridgehead atoms. The number of carbonyl (C=O) groups excluding carboxylic acids is 2. The van der Waals surface area contributed by atoms with Crippen LogP contribution < -0.4 is 15.1 Å². The van der Waals surface area contributed by atoms with Gasteiger partial charge in [0.15, 0.2) is 0 Å². The van der Waals surface area contributed by atoms with Gasteiger partial charge >= 0.3 is 0 Å². The maximum absolute atomic E-state index is 11.8. The minimum atomic E-state index is -0.0565. The molecule has 5 heteroatoms. The van der Waals surface area contributed by atoms with Crippen LogP contribution in [0.15, 0.2) is 24.3 Å².